The highest BCUT2D eigenvalue weighted by Crippen LogP contribution is 2.41. The van der Waals surface area contributed by atoms with Gasteiger partial charge in [0.15, 0.2) is 0 Å². The lowest BCUT2D eigenvalue weighted by atomic mass is 9.73. The van der Waals surface area contributed by atoms with Crippen LogP contribution in [-0.2, 0) is 28.6 Å². The molecular weight excluding hydrogens is 784 g/mol. The van der Waals surface area contributed by atoms with Gasteiger partial charge in [-0.2, -0.15) is 0 Å². The average Bonchev–Trinajstić information content (AvgIpc) is 2.84. The Morgan fingerprint density at radius 1 is 0.373 bits per heavy atom. The second-order valence-corrected chi connectivity index (χ2v) is 21.3. The third-order valence-corrected chi connectivity index (χ3v) is 11.6. The fourth-order valence-electron chi connectivity index (χ4n) is 8.42. The van der Waals surface area contributed by atoms with Crippen LogP contribution in [0.4, 0.5) is 14.4 Å². The second kappa shape index (κ2) is 17.1. The van der Waals surface area contributed by atoms with Crippen molar-refractivity contribution in [3.63, 3.8) is 0 Å². The van der Waals surface area contributed by atoms with E-state index in [1.165, 1.54) is 0 Å². The van der Waals surface area contributed by atoms with Gasteiger partial charge in [0.05, 0.1) is 0 Å². The number of carbonyl (C=O) groups excluding carboxylic acids is 6. The van der Waals surface area contributed by atoms with E-state index in [9.17, 15) is 28.8 Å². The van der Waals surface area contributed by atoms with Crippen LogP contribution in [0.1, 0.15) is 83.1 Å². The molecule has 2 N–H and O–H groups in total. The molecule has 0 unspecified atom stereocenters. The van der Waals surface area contributed by atoms with Gasteiger partial charge >= 0.3 is 18.3 Å². The van der Waals surface area contributed by atoms with Crippen LogP contribution < -0.4 is 10.6 Å². The van der Waals surface area contributed by atoms with Gasteiger partial charge in [-0.25, -0.2) is 14.4 Å². The number of rotatable bonds is 0. The minimum absolute atomic E-state index is 0. The molecule has 8 rings (SSSR count). The maximum atomic E-state index is 11.7. The Balaban J connectivity index is 0.000000175. The minimum atomic E-state index is -0.440. The molecule has 0 saturated carbocycles. The Morgan fingerprint density at radius 2 is 0.559 bits per heavy atom. The number of ether oxygens (including phenoxy) is 3. The number of hydrogen-bond acceptors (Lipinski definition) is 11. The van der Waals surface area contributed by atoms with Crippen molar-refractivity contribution < 1.29 is 43.0 Å². The Kier molecular flexibility index (Phi) is 13.9. The first-order chi connectivity index (χ1) is 26.5. The first-order valence-corrected chi connectivity index (χ1v) is 20.7. The topological polar surface area (TPSA) is 174 Å². The largest absolute Gasteiger partial charge is 0.444 e. The van der Waals surface area contributed by atoms with Gasteiger partial charge in [0.1, 0.15) is 16.8 Å². The monoisotopic (exact) mass is 855 g/mol. The first kappa shape index (κ1) is 48.1. The van der Waals surface area contributed by atoms with Gasteiger partial charge in [0.2, 0.25) is 17.7 Å². The van der Waals surface area contributed by atoms with Crippen LogP contribution in [0.3, 0.4) is 0 Å². The molecule has 0 aromatic rings. The molecule has 6 amide bonds. The summed E-state index contributed by atoms with van der Waals surface area (Å²) in [5, 5.41) is 6.46. The number of carbonyl (C=O) groups is 6. The van der Waals surface area contributed by atoms with Gasteiger partial charge in [0.25, 0.3) is 0 Å². The van der Waals surface area contributed by atoms with Gasteiger partial charge in [-0.1, -0.05) is 0 Å². The van der Waals surface area contributed by atoms with Crippen molar-refractivity contribution >= 4 is 48.4 Å². The van der Waals surface area contributed by atoms with Crippen LogP contribution in [0.5, 0.6) is 0 Å². The maximum absolute atomic E-state index is 11.7. The van der Waals surface area contributed by atoms with Gasteiger partial charge < -0.3 is 54.2 Å². The number of hydrogen-bond donors (Lipinski definition) is 2. The van der Waals surface area contributed by atoms with Crippen molar-refractivity contribution in [2.24, 2.45) is 21.7 Å². The van der Waals surface area contributed by atoms with E-state index < -0.39 is 11.2 Å². The predicted octanol–water partition coefficient (Wildman–Crippen LogP) is 2.86. The van der Waals surface area contributed by atoms with Gasteiger partial charge in [-0.05, 0) is 62.3 Å². The summed E-state index contributed by atoms with van der Waals surface area (Å²) in [4.78, 5) is 78.6. The van der Waals surface area contributed by atoms with Crippen molar-refractivity contribution in [3.8, 4) is 0 Å². The standard InChI is InChI=1S/2C12H20N2O3.C10H18N2O2.C7H12N2O.ClH/c2*1-9(15)13-5-12(6-13)7-14(8-12)10(16)17-11(2,3)4;1-9(2,3)14-8(13)12-6-10(7-12)4-11-5-10;1-6(10)9-4-7(5-9)2-8-3-7;/h2*5-8H2,1-4H3;11H,4-7H2,1-3H3;8H,2-5H2,1H3;1H. The van der Waals surface area contributed by atoms with E-state index in [-0.39, 0.29) is 64.8 Å². The van der Waals surface area contributed by atoms with E-state index in [2.05, 4.69) is 10.6 Å². The summed E-state index contributed by atoms with van der Waals surface area (Å²) in [6.07, 6.45) is -0.663. The van der Waals surface area contributed by atoms with Crippen LogP contribution in [0, 0.1) is 21.7 Å². The molecule has 0 bridgehead atoms. The Bertz CT molecular complexity index is 1500. The number of halogens is 1. The number of nitrogens with one attached hydrogen (secondary N) is 2. The Hall–Kier alpha value is -3.57. The third-order valence-electron chi connectivity index (χ3n) is 11.6. The van der Waals surface area contributed by atoms with Gasteiger partial charge in [0, 0.05) is 147 Å². The van der Waals surface area contributed by atoms with E-state index >= 15 is 0 Å². The molecule has 59 heavy (non-hydrogen) atoms. The van der Waals surface area contributed by atoms with E-state index in [0.29, 0.717) is 37.0 Å². The number of nitrogens with zero attached hydrogens (tertiary/aromatic N) is 6. The van der Waals surface area contributed by atoms with Crippen LogP contribution in [-0.4, -0.2) is 187 Å². The van der Waals surface area contributed by atoms with E-state index in [4.69, 9.17) is 14.2 Å². The van der Waals surface area contributed by atoms with Crippen LogP contribution in [0.25, 0.3) is 0 Å². The highest BCUT2D eigenvalue weighted by molar-refractivity contribution is 5.85. The maximum Gasteiger partial charge on any atom is 0.410 e. The van der Waals surface area contributed by atoms with Gasteiger partial charge in [-0.15, -0.1) is 12.4 Å². The molecule has 8 aliphatic heterocycles. The summed E-state index contributed by atoms with van der Waals surface area (Å²) < 4.78 is 15.8. The zero-order valence-electron chi connectivity index (χ0n) is 37.6. The zero-order valence-corrected chi connectivity index (χ0v) is 38.4. The van der Waals surface area contributed by atoms with Crippen molar-refractivity contribution in [1.82, 2.24) is 40.0 Å². The van der Waals surface area contributed by atoms with Crippen molar-refractivity contribution in [1.29, 1.82) is 0 Å². The summed E-state index contributed by atoms with van der Waals surface area (Å²) in [7, 11) is 0. The van der Waals surface area contributed by atoms with Crippen molar-refractivity contribution in [2.75, 3.05) is 105 Å². The fourth-order valence-corrected chi connectivity index (χ4v) is 8.42. The summed E-state index contributed by atoms with van der Waals surface area (Å²) in [6.45, 7) is 35.6. The molecule has 4 spiro atoms. The SMILES string of the molecule is CC(=O)N1CC2(C1)CN(C(=O)OC(C)(C)C)C2.CC(=O)N1CC2(C1)CN(C(=O)OC(C)(C)C)C2.CC(=O)N1CC2(CNC2)C1.CC(C)(C)OC(=O)N1CC2(CNC2)C1.Cl. The molecule has 17 nitrogen and oxygen atoms in total. The predicted molar refractivity (Wildman–Crippen MR) is 223 cm³/mol. The average molecular weight is 856 g/mol. The molecule has 0 atom stereocenters. The third kappa shape index (κ3) is 12.1. The molecule has 0 aromatic heterocycles. The normalized spacial score (nSPS) is 23.0. The quantitative estimate of drug-likeness (QED) is 0.344. The van der Waals surface area contributed by atoms with Crippen LogP contribution in [0.15, 0.2) is 0 Å². The van der Waals surface area contributed by atoms with E-state index in [1.54, 1.807) is 35.5 Å². The van der Waals surface area contributed by atoms with Crippen LogP contribution >= 0.6 is 12.4 Å². The number of likely N-dealkylation sites (tertiary alicyclic amines) is 6. The number of amides is 6. The fraction of sp³-hybridized carbons (Fsp3) is 0.854. The lowest BCUT2D eigenvalue weighted by Gasteiger charge is -2.59. The summed E-state index contributed by atoms with van der Waals surface area (Å²) >= 11 is 0. The Morgan fingerprint density at radius 3 is 0.729 bits per heavy atom. The molecule has 0 aromatic carbocycles. The first-order valence-electron chi connectivity index (χ1n) is 20.7. The Labute approximate surface area is 356 Å². The highest BCUT2D eigenvalue weighted by Gasteiger charge is 2.56. The minimum Gasteiger partial charge on any atom is -0.444 e. The van der Waals surface area contributed by atoms with Crippen molar-refractivity contribution in [3.05, 3.63) is 0 Å². The lowest BCUT2D eigenvalue weighted by Crippen LogP contribution is -2.73. The molecule has 0 aliphatic carbocycles. The summed E-state index contributed by atoms with van der Waals surface area (Å²) in [6, 6.07) is 0. The molecule has 0 radical (unpaired) electrons. The van der Waals surface area contributed by atoms with Gasteiger partial charge in [-0.3, -0.25) is 14.4 Å². The van der Waals surface area contributed by atoms with E-state index in [0.717, 1.165) is 78.5 Å². The zero-order chi connectivity index (χ0) is 43.3. The molecule has 8 aliphatic rings. The molecule has 18 heteroatoms. The van der Waals surface area contributed by atoms with E-state index in [1.807, 2.05) is 77.0 Å². The molecule has 336 valence electrons. The molecular formula is C41H71ClN8O9. The molecule has 8 fully saturated rings. The molecule has 8 heterocycles. The van der Waals surface area contributed by atoms with Crippen molar-refractivity contribution in [2.45, 2.75) is 99.9 Å². The lowest BCUT2D eigenvalue weighted by molar-refractivity contribution is -0.155. The van der Waals surface area contributed by atoms with Crippen LogP contribution in [0.2, 0.25) is 0 Å². The summed E-state index contributed by atoms with van der Waals surface area (Å²) in [5.74, 6) is 0.454. The smallest absolute Gasteiger partial charge is 0.410 e. The summed E-state index contributed by atoms with van der Waals surface area (Å²) in [5.41, 5.74) is -0.0683. The second-order valence-electron chi connectivity index (χ2n) is 21.3. The molecule has 8 saturated heterocycles. The highest BCUT2D eigenvalue weighted by atomic mass is 35.5.